The molecular weight excluding hydrogens is 264 g/mol. The zero-order chi connectivity index (χ0) is 14.9. The average molecular weight is 286 g/mol. The molecule has 2 aliphatic rings. The van der Waals surface area contributed by atoms with E-state index in [0.717, 1.165) is 38.5 Å². The zero-order valence-electron chi connectivity index (χ0n) is 12.8. The van der Waals surface area contributed by atoms with Gasteiger partial charge in [-0.3, -0.25) is 0 Å². The molecule has 3 rings (SSSR count). The van der Waals surface area contributed by atoms with Crippen LogP contribution in [0.25, 0.3) is 0 Å². The Balaban J connectivity index is 1.87. The number of nitrogens with zero attached hydrogens (tertiary/aromatic N) is 2. The predicted octanol–water partition coefficient (Wildman–Crippen LogP) is 2.69. The molecule has 112 valence electrons. The Hall–Kier alpha value is -1.73. The summed E-state index contributed by atoms with van der Waals surface area (Å²) < 4.78 is 11.4. The molecule has 2 aliphatic heterocycles. The van der Waals surface area contributed by atoms with Crippen LogP contribution in [0.5, 0.6) is 5.75 Å². The van der Waals surface area contributed by atoms with Crippen molar-refractivity contribution >= 4 is 5.69 Å². The SMILES string of the molecule is Cc1cc2c(cc1N1CCOCC1)OC[C@](C)(CC#N)C2. The first kappa shape index (κ1) is 14.2. The van der Waals surface area contributed by atoms with Crippen LogP contribution < -0.4 is 9.64 Å². The summed E-state index contributed by atoms with van der Waals surface area (Å²) in [4.78, 5) is 2.37. The lowest BCUT2D eigenvalue weighted by atomic mass is 9.79. The summed E-state index contributed by atoms with van der Waals surface area (Å²) in [5.41, 5.74) is 3.70. The van der Waals surface area contributed by atoms with Crippen molar-refractivity contribution in [3.05, 3.63) is 23.3 Å². The van der Waals surface area contributed by atoms with Gasteiger partial charge in [-0.1, -0.05) is 13.0 Å². The van der Waals surface area contributed by atoms with Crippen molar-refractivity contribution in [1.29, 1.82) is 5.26 Å². The summed E-state index contributed by atoms with van der Waals surface area (Å²) in [5, 5.41) is 8.98. The van der Waals surface area contributed by atoms with Crippen molar-refractivity contribution in [3.63, 3.8) is 0 Å². The zero-order valence-corrected chi connectivity index (χ0v) is 12.8. The maximum absolute atomic E-state index is 8.98. The maximum atomic E-state index is 8.98. The molecule has 4 nitrogen and oxygen atoms in total. The number of hydrogen-bond donors (Lipinski definition) is 0. The van der Waals surface area contributed by atoms with Crippen molar-refractivity contribution in [2.45, 2.75) is 26.7 Å². The third-order valence-corrected chi connectivity index (χ3v) is 4.43. The van der Waals surface area contributed by atoms with Crippen molar-refractivity contribution in [3.8, 4) is 11.8 Å². The second-order valence-corrected chi connectivity index (χ2v) is 6.46. The number of hydrogen-bond acceptors (Lipinski definition) is 4. The monoisotopic (exact) mass is 286 g/mol. The molecule has 0 spiro atoms. The highest BCUT2D eigenvalue weighted by Gasteiger charge is 2.32. The molecule has 1 saturated heterocycles. The van der Waals surface area contributed by atoms with E-state index in [9.17, 15) is 0 Å². The van der Waals surface area contributed by atoms with Gasteiger partial charge in [0.1, 0.15) is 5.75 Å². The Kier molecular flexibility index (Phi) is 3.77. The van der Waals surface area contributed by atoms with Crippen molar-refractivity contribution < 1.29 is 9.47 Å². The molecule has 0 saturated carbocycles. The van der Waals surface area contributed by atoms with Crippen LogP contribution >= 0.6 is 0 Å². The Morgan fingerprint density at radius 2 is 2.10 bits per heavy atom. The quantitative estimate of drug-likeness (QED) is 0.838. The van der Waals surface area contributed by atoms with Gasteiger partial charge in [0.2, 0.25) is 0 Å². The number of anilines is 1. The smallest absolute Gasteiger partial charge is 0.124 e. The molecule has 1 fully saturated rings. The van der Waals surface area contributed by atoms with Gasteiger partial charge in [0.25, 0.3) is 0 Å². The topological polar surface area (TPSA) is 45.5 Å². The third-order valence-electron chi connectivity index (χ3n) is 4.43. The van der Waals surface area contributed by atoms with E-state index < -0.39 is 0 Å². The van der Waals surface area contributed by atoms with Crippen LogP contribution in [0, 0.1) is 23.7 Å². The lowest BCUT2D eigenvalue weighted by Gasteiger charge is -2.35. The van der Waals surface area contributed by atoms with Crippen LogP contribution in [-0.2, 0) is 11.2 Å². The van der Waals surface area contributed by atoms with Crippen molar-refractivity contribution in [1.82, 2.24) is 0 Å². The Morgan fingerprint density at radius 3 is 2.81 bits per heavy atom. The predicted molar refractivity (Wildman–Crippen MR) is 81.7 cm³/mol. The van der Waals surface area contributed by atoms with E-state index >= 15 is 0 Å². The highest BCUT2D eigenvalue weighted by Crippen LogP contribution is 2.39. The van der Waals surface area contributed by atoms with Crippen LogP contribution in [0.3, 0.4) is 0 Å². The van der Waals surface area contributed by atoms with E-state index in [0.29, 0.717) is 13.0 Å². The highest BCUT2D eigenvalue weighted by molar-refractivity contribution is 5.60. The molecule has 0 radical (unpaired) electrons. The van der Waals surface area contributed by atoms with Crippen LogP contribution in [-0.4, -0.2) is 32.9 Å². The molecule has 1 aromatic carbocycles. The van der Waals surface area contributed by atoms with Gasteiger partial charge in [-0.05, 0) is 24.5 Å². The van der Waals surface area contributed by atoms with E-state index in [-0.39, 0.29) is 5.41 Å². The number of nitriles is 1. The number of benzene rings is 1. The molecule has 4 heteroatoms. The van der Waals surface area contributed by atoms with E-state index in [1.54, 1.807) is 0 Å². The molecule has 0 bridgehead atoms. The normalized spacial score (nSPS) is 24.9. The van der Waals surface area contributed by atoms with E-state index in [2.05, 4.69) is 36.9 Å². The van der Waals surface area contributed by atoms with Gasteiger partial charge >= 0.3 is 0 Å². The fourth-order valence-corrected chi connectivity index (χ4v) is 3.22. The van der Waals surface area contributed by atoms with Crippen LogP contribution in [0.1, 0.15) is 24.5 Å². The Morgan fingerprint density at radius 1 is 1.33 bits per heavy atom. The van der Waals surface area contributed by atoms with Gasteiger partial charge in [-0.2, -0.15) is 5.26 Å². The molecule has 21 heavy (non-hydrogen) atoms. The lowest BCUT2D eigenvalue weighted by Crippen LogP contribution is -2.37. The number of morpholine rings is 1. The van der Waals surface area contributed by atoms with Gasteiger partial charge in [0.15, 0.2) is 0 Å². The van der Waals surface area contributed by atoms with Gasteiger partial charge in [-0.25, -0.2) is 0 Å². The van der Waals surface area contributed by atoms with Crippen LogP contribution in [0.4, 0.5) is 5.69 Å². The van der Waals surface area contributed by atoms with Gasteiger partial charge in [0, 0.05) is 36.7 Å². The summed E-state index contributed by atoms with van der Waals surface area (Å²) in [5.74, 6) is 0.984. The summed E-state index contributed by atoms with van der Waals surface area (Å²) >= 11 is 0. The van der Waals surface area contributed by atoms with Gasteiger partial charge in [-0.15, -0.1) is 0 Å². The minimum absolute atomic E-state index is 0.0608. The fourth-order valence-electron chi connectivity index (χ4n) is 3.22. The number of ether oxygens (including phenoxy) is 2. The molecule has 0 aromatic heterocycles. The maximum Gasteiger partial charge on any atom is 0.124 e. The second kappa shape index (κ2) is 5.57. The largest absolute Gasteiger partial charge is 0.493 e. The van der Waals surface area contributed by atoms with Crippen LogP contribution in [0.15, 0.2) is 12.1 Å². The molecule has 2 heterocycles. The van der Waals surface area contributed by atoms with Gasteiger partial charge < -0.3 is 14.4 Å². The molecule has 0 N–H and O–H groups in total. The first-order valence-electron chi connectivity index (χ1n) is 7.57. The molecule has 1 aromatic rings. The standard InChI is InChI=1S/C17H22N2O2/c1-13-9-14-11-17(2,3-4-18)12-21-16(14)10-15(13)19-5-7-20-8-6-19/h9-10H,3,5-8,11-12H2,1-2H3/t17-/m1/s1. The van der Waals surface area contributed by atoms with Gasteiger partial charge in [0.05, 0.1) is 25.9 Å². The number of aryl methyl sites for hydroxylation is 1. The second-order valence-electron chi connectivity index (χ2n) is 6.46. The fraction of sp³-hybridized carbons (Fsp3) is 0.588. The highest BCUT2D eigenvalue weighted by atomic mass is 16.5. The lowest BCUT2D eigenvalue weighted by molar-refractivity contribution is 0.122. The number of rotatable bonds is 2. The summed E-state index contributed by atoms with van der Waals surface area (Å²) in [6, 6.07) is 6.68. The van der Waals surface area contributed by atoms with Crippen molar-refractivity contribution in [2.75, 3.05) is 37.8 Å². The average Bonchev–Trinajstić information content (AvgIpc) is 2.47. The summed E-state index contributed by atoms with van der Waals surface area (Å²) in [6.45, 7) is 8.36. The Labute approximate surface area is 126 Å². The summed E-state index contributed by atoms with van der Waals surface area (Å²) in [6.07, 6.45) is 1.46. The Bertz CT molecular complexity index is 573. The summed E-state index contributed by atoms with van der Waals surface area (Å²) in [7, 11) is 0. The van der Waals surface area contributed by atoms with Crippen molar-refractivity contribution in [2.24, 2.45) is 5.41 Å². The van der Waals surface area contributed by atoms with E-state index in [1.165, 1.54) is 16.8 Å². The minimum atomic E-state index is -0.0608. The van der Waals surface area contributed by atoms with E-state index in [1.807, 2.05) is 0 Å². The van der Waals surface area contributed by atoms with Crippen LogP contribution in [0.2, 0.25) is 0 Å². The molecule has 1 atom stereocenters. The number of fused-ring (bicyclic) bond motifs is 1. The molecular formula is C17H22N2O2. The van der Waals surface area contributed by atoms with E-state index in [4.69, 9.17) is 14.7 Å². The minimum Gasteiger partial charge on any atom is -0.493 e. The molecule has 0 unspecified atom stereocenters. The first-order valence-corrected chi connectivity index (χ1v) is 7.57. The molecule has 0 amide bonds. The third kappa shape index (κ3) is 2.84. The first-order chi connectivity index (χ1) is 10.1. The molecule has 0 aliphatic carbocycles.